The van der Waals surface area contributed by atoms with Gasteiger partial charge in [0.25, 0.3) is 0 Å². The molecule has 3 rings (SSSR count). The maximum Gasteiger partial charge on any atom is 0.191 e. The first-order valence-corrected chi connectivity index (χ1v) is 10.2. The molecule has 2 heterocycles. The van der Waals surface area contributed by atoms with E-state index in [2.05, 4.69) is 63.6 Å². The SMILES string of the molecule is CN=C(NCc1ncc(C)s1)NCC(c1ccc(C)cc1)N1CCOCC1.I. The predicted octanol–water partition coefficient (Wildman–Crippen LogP) is 3.12. The van der Waals surface area contributed by atoms with E-state index in [0.717, 1.165) is 43.8 Å². The third-order valence-corrected chi connectivity index (χ3v) is 5.62. The summed E-state index contributed by atoms with van der Waals surface area (Å²) in [5.74, 6) is 0.799. The molecule has 1 atom stereocenters. The number of hydrogen-bond acceptors (Lipinski definition) is 5. The number of aliphatic imine (C=N–C) groups is 1. The normalized spacial score (nSPS) is 16.3. The summed E-state index contributed by atoms with van der Waals surface area (Å²) in [5, 5.41) is 7.92. The molecule has 1 unspecified atom stereocenters. The van der Waals surface area contributed by atoms with E-state index in [1.165, 1.54) is 16.0 Å². The molecule has 8 heteroatoms. The van der Waals surface area contributed by atoms with E-state index in [1.807, 2.05) is 6.20 Å². The van der Waals surface area contributed by atoms with Crippen molar-refractivity contribution >= 4 is 41.3 Å². The first-order chi connectivity index (χ1) is 13.2. The highest BCUT2D eigenvalue weighted by Crippen LogP contribution is 2.21. The molecule has 1 aromatic carbocycles. The van der Waals surface area contributed by atoms with E-state index in [-0.39, 0.29) is 30.0 Å². The molecule has 0 bridgehead atoms. The number of benzene rings is 1. The summed E-state index contributed by atoms with van der Waals surface area (Å²) in [6.45, 7) is 9.15. The van der Waals surface area contributed by atoms with Crippen LogP contribution in [-0.4, -0.2) is 55.7 Å². The van der Waals surface area contributed by atoms with E-state index in [1.54, 1.807) is 18.4 Å². The van der Waals surface area contributed by atoms with Gasteiger partial charge in [0.15, 0.2) is 5.96 Å². The van der Waals surface area contributed by atoms with Gasteiger partial charge in [-0.3, -0.25) is 9.89 Å². The summed E-state index contributed by atoms with van der Waals surface area (Å²) in [5.41, 5.74) is 2.60. The van der Waals surface area contributed by atoms with Gasteiger partial charge in [-0.15, -0.1) is 35.3 Å². The summed E-state index contributed by atoms with van der Waals surface area (Å²) < 4.78 is 5.54. The lowest BCUT2D eigenvalue weighted by atomic mass is 10.0. The standard InChI is InChI=1S/C20H29N5OS.HI/c1-15-4-6-17(7-5-15)18(25-8-10-26-11-9-25)13-23-20(21-3)24-14-19-22-12-16(2)27-19;/h4-7,12,18H,8-11,13-14H2,1-3H3,(H2,21,23,24);1H. The molecular formula is C20H30IN5OS. The number of morpholine rings is 1. The van der Waals surface area contributed by atoms with Crippen molar-refractivity contribution in [3.05, 3.63) is 51.5 Å². The molecule has 1 aromatic heterocycles. The monoisotopic (exact) mass is 515 g/mol. The minimum atomic E-state index is 0. The van der Waals surface area contributed by atoms with Gasteiger partial charge in [0.2, 0.25) is 0 Å². The van der Waals surface area contributed by atoms with Crippen LogP contribution in [0.2, 0.25) is 0 Å². The first kappa shape index (κ1) is 23.1. The lowest BCUT2D eigenvalue weighted by Crippen LogP contribution is -2.46. The molecule has 6 nitrogen and oxygen atoms in total. The molecular weight excluding hydrogens is 485 g/mol. The first-order valence-electron chi connectivity index (χ1n) is 9.40. The number of nitrogens with one attached hydrogen (secondary N) is 2. The molecule has 0 saturated carbocycles. The van der Waals surface area contributed by atoms with E-state index >= 15 is 0 Å². The number of aryl methyl sites for hydroxylation is 2. The Bertz CT molecular complexity index is 743. The second-order valence-electron chi connectivity index (χ2n) is 6.75. The number of ether oxygens (including phenoxy) is 1. The van der Waals surface area contributed by atoms with Crippen molar-refractivity contribution in [3.8, 4) is 0 Å². The lowest BCUT2D eigenvalue weighted by Gasteiger charge is -2.35. The number of halogens is 1. The van der Waals surface area contributed by atoms with Crippen LogP contribution in [0.3, 0.4) is 0 Å². The molecule has 28 heavy (non-hydrogen) atoms. The van der Waals surface area contributed by atoms with Crippen LogP contribution >= 0.6 is 35.3 Å². The van der Waals surface area contributed by atoms with Crippen LogP contribution in [0.4, 0.5) is 0 Å². The van der Waals surface area contributed by atoms with Gasteiger partial charge in [0, 0.05) is 37.8 Å². The second kappa shape index (κ2) is 11.7. The topological polar surface area (TPSA) is 61.8 Å². The van der Waals surface area contributed by atoms with Gasteiger partial charge in [0.1, 0.15) is 5.01 Å². The molecule has 2 N–H and O–H groups in total. The summed E-state index contributed by atoms with van der Waals surface area (Å²) in [6.07, 6.45) is 1.91. The quantitative estimate of drug-likeness (QED) is 0.352. The molecule has 154 valence electrons. The number of nitrogens with zero attached hydrogens (tertiary/aromatic N) is 3. The Morgan fingerprint density at radius 1 is 1.21 bits per heavy atom. The van der Waals surface area contributed by atoms with Gasteiger partial charge < -0.3 is 15.4 Å². The Hall–Kier alpha value is -1.23. The average molecular weight is 515 g/mol. The Balaban J connectivity index is 0.00000280. The van der Waals surface area contributed by atoms with Crippen LogP contribution in [-0.2, 0) is 11.3 Å². The number of hydrogen-bond donors (Lipinski definition) is 2. The van der Waals surface area contributed by atoms with Crippen LogP contribution in [0.25, 0.3) is 0 Å². The van der Waals surface area contributed by atoms with Crippen LogP contribution < -0.4 is 10.6 Å². The van der Waals surface area contributed by atoms with Crippen molar-refractivity contribution < 1.29 is 4.74 Å². The molecule has 0 amide bonds. The Labute approximate surface area is 188 Å². The van der Waals surface area contributed by atoms with Gasteiger partial charge in [-0.2, -0.15) is 0 Å². The molecule has 0 spiro atoms. The third-order valence-electron chi connectivity index (χ3n) is 4.71. The Kier molecular flexibility index (Phi) is 9.63. The van der Waals surface area contributed by atoms with E-state index in [4.69, 9.17) is 4.74 Å². The fourth-order valence-corrected chi connectivity index (χ4v) is 3.92. The summed E-state index contributed by atoms with van der Waals surface area (Å²) in [6, 6.07) is 9.11. The fourth-order valence-electron chi connectivity index (χ4n) is 3.19. The molecule has 0 radical (unpaired) electrons. The second-order valence-corrected chi connectivity index (χ2v) is 8.07. The number of aromatic nitrogens is 1. The number of guanidine groups is 1. The van der Waals surface area contributed by atoms with Crippen LogP contribution in [0, 0.1) is 13.8 Å². The minimum Gasteiger partial charge on any atom is -0.379 e. The van der Waals surface area contributed by atoms with Crippen LogP contribution in [0.5, 0.6) is 0 Å². The smallest absolute Gasteiger partial charge is 0.191 e. The van der Waals surface area contributed by atoms with Gasteiger partial charge in [0.05, 0.1) is 25.8 Å². The Morgan fingerprint density at radius 2 is 1.93 bits per heavy atom. The summed E-state index contributed by atoms with van der Waals surface area (Å²) in [4.78, 5) is 12.5. The number of rotatable bonds is 6. The van der Waals surface area contributed by atoms with Gasteiger partial charge in [-0.05, 0) is 19.4 Å². The van der Waals surface area contributed by atoms with Crippen LogP contribution in [0.15, 0.2) is 35.5 Å². The highest BCUT2D eigenvalue weighted by atomic mass is 127. The van der Waals surface area contributed by atoms with Gasteiger partial charge in [-0.25, -0.2) is 4.98 Å². The molecule has 1 fully saturated rings. The highest BCUT2D eigenvalue weighted by Gasteiger charge is 2.22. The predicted molar refractivity (Wildman–Crippen MR) is 127 cm³/mol. The third kappa shape index (κ3) is 6.68. The van der Waals surface area contributed by atoms with Crippen molar-refractivity contribution in [2.75, 3.05) is 39.9 Å². The zero-order chi connectivity index (χ0) is 19.1. The van der Waals surface area contributed by atoms with Gasteiger partial charge in [-0.1, -0.05) is 29.8 Å². The zero-order valence-electron chi connectivity index (χ0n) is 16.8. The van der Waals surface area contributed by atoms with Crippen molar-refractivity contribution in [2.24, 2.45) is 4.99 Å². The maximum atomic E-state index is 5.54. The highest BCUT2D eigenvalue weighted by molar-refractivity contribution is 14.0. The molecule has 0 aliphatic carbocycles. The molecule has 1 aliphatic heterocycles. The summed E-state index contributed by atoms with van der Waals surface area (Å²) in [7, 11) is 1.80. The number of thiazole rings is 1. The van der Waals surface area contributed by atoms with E-state index < -0.39 is 0 Å². The van der Waals surface area contributed by atoms with Crippen molar-refractivity contribution in [2.45, 2.75) is 26.4 Å². The van der Waals surface area contributed by atoms with E-state index in [0.29, 0.717) is 6.54 Å². The maximum absolute atomic E-state index is 5.54. The summed E-state index contributed by atoms with van der Waals surface area (Å²) >= 11 is 1.71. The van der Waals surface area contributed by atoms with E-state index in [9.17, 15) is 0 Å². The van der Waals surface area contributed by atoms with Crippen molar-refractivity contribution in [3.63, 3.8) is 0 Å². The zero-order valence-corrected chi connectivity index (χ0v) is 19.9. The fraction of sp³-hybridized carbons (Fsp3) is 0.500. The largest absolute Gasteiger partial charge is 0.379 e. The molecule has 1 saturated heterocycles. The van der Waals surface area contributed by atoms with Crippen LogP contribution in [0.1, 0.15) is 27.1 Å². The molecule has 2 aromatic rings. The van der Waals surface area contributed by atoms with Crippen molar-refractivity contribution in [1.29, 1.82) is 0 Å². The lowest BCUT2D eigenvalue weighted by molar-refractivity contribution is 0.0170. The Morgan fingerprint density at radius 3 is 2.54 bits per heavy atom. The molecule has 1 aliphatic rings. The van der Waals surface area contributed by atoms with Gasteiger partial charge >= 0.3 is 0 Å². The minimum absolute atomic E-state index is 0. The van der Waals surface area contributed by atoms with Crippen molar-refractivity contribution in [1.82, 2.24) is 20.5 Å². The average Bonchev–Trinajstić information content (AvgIpc) is 3.11.